The Balaban J connectivity index is 2.66. The first-order valence-corrected chi connectivity index (χ1v) is 8.88. The van der Waals surface area contributed by atoms with Crippen molar-refractivity contribution in [3.63, 3.8) is 0 Å². The molecule has 0 spiro atoms. The zero-order chi connectivity index (χ0) is 15.8. The number of carbonyl (C=O) groups is 1. The van der Waals surface area contributed by atoms with Crippen molar-refractivity contribution in [3.05, 3.63) is 28.8 Å². The first kappa shape index (κ1) is 16.3. The maximum absolute atomic E-state index is 12.0. The molecule has 5 nitrogen and oxygen atoms in total. The van der Waals surface area contributed by atoms with Crippen molar-refractivity contribution in [1.82, 2.24) is 0 Å². The van der Waals surface area contributed by atoms with E-state index in [4.69, 9.17) is 28.0 Å². The molecule has 1 aliphatic rings. The van der Waals surface area contributed by atoms with Crippen LogP contribution < -0.4 is 0 Å². The highest BCUT2D eigenvalue weighted by molar-refractivity contribution is 7.90. The molecule has 2 rings (SSSR count). The van der Waals surface area contributed by atoms with Gasteiger partial charge in [-0.2, -0.15) is 0 Å². The van der Waals surface area contributed by atoms with Gasteiger partial charge in [0.05, 0.1) is 16.5 Å². The van der Waals surface area contributed by atoms with E-state index in [0.29, 0.717) is 23.3 Å². The standard InChI is InChI=1S/C13H13Cl2NO4S/c1-7-9(13(15)17)3-4-11(21(2,18)19)12(7)10-5-8(6-14)20-16-10/h3-4,8H,5-6H2,1-2H3. The minimum Gasteiger partial charge on any atom is -0.391 e. The summed E-state index contributed by atoms with van der Waals surface area (Å²) in [5.74, 6) is 0.244. The molecule has 0 bridgehead atoms. The van der Waals surface area contributed by atoms with Crippen LogP contribution in [0.3, 0.4) is 0 Å². The molecule has 1 unspecified atom stereocenters. The fourth-order valence-electron chi connectivity index (χ4n) is 2.23. The van der Waals surface area contributed by atoms with Gasteiger partial charge in [-0.3, -0.25) is 4.79 Å². The number of nitrogens with zero attached hydrogens (tertiary/aromatic N) is 1. The number of halogens is 2. The van der Waals surface area contributed by atoms with Gasteiger partial charge in [-0.25, -0.2) is 8.42 Å². The number of rotatable bonds is 4. The lowest BCUT2D eigenvalue weighted by Gasteiger charge is -2.13. The Morgan fingerprint density at radius 1 is 1.48 bits per heavy atom. The average Bonchev–Trinajstić information content (AvgIpc) is 2.85. The summed E-state index contributed by atoms with van der Waals surface area (Å²) in [6, 6.07) is 2.77. The van der Waals surface area contributed by atoms with Gasteiger partial charge in [0, 0.05) is 23.8 Å². The van der Waals surface area contributed by atoms with Gasteiger partial charge in [-0.1, -0.05) is 5.16 Å². The normalized spacial score (nSPS) is 18.3. The number of hydrogen-bond acceptors (Lipinski definition) is 5. The lowest BCUT2D eigenvalue weighted by molar-refractivity contribution is 0.102. The Kier molecular flexibility index (Phi) is 4.60. The van der Waals surface area contributed by atoms with Crippen LogP contribution in [-0.2, 0) is 14.7 Å². The Bertz CT molecular complexity index is 728. The summed E-state index contributed by atoms with van der Waals surface area (Å²) < 4.78 is 23.9. The van der Waals surface area contributed by atoms with Crippen molar-refractivity contribution < 1.29 is 18.0 Å². The van der Waals surface area contributed by atoms with Gasteiger partial charge in [0.2, 0.25) is 0 Å². The third-order valence-corrected chi connectivity index (χ3v) is 4.92. The monoisotopic (exact) mass is 349 g/mol. The van der Waals surface area contributed by atoms with Crippen molar-refractivity contribution in [2.24, 2.45) is 5.16 Å². The Labute approximate surface area is 132 Å². The second kappa shape index (κ2) is 5.94. The van der Waals surface area contributed by atoms with E-state index in [1.165, 1.54) is 12.1 Å². The molecule has 0 radical (unpaired) electrons. The maximum Gasteiger partial charge on any atom is 0.252 e. The molecule has 1 aliphatic heterocycles. The molecule has 0 saturated carbocycles. The van der Waals surface area contributed by atoms with Crippen LogP contribution in [0.25, 0.3) is 0 Å². The molecule has 1 atom stereocenters. The number of oxime groups is 1. The minimum absolute atomic E-state index is 0.0965. The van der Waals surface area contributed by atoms with Gasteiger partial charge >= 0.3 is 0 Å². The molecule has 0 amide bonds. The van der Waals surface area contributed by atoms with Crippen molar-refractivity contribution in [2.45, 2.75) is 24.3 Å². The van der Waals surface area contributed by atoms with Crippen LogP contribution >= 0.6 is 23.2 Å². The predicted molar refractivity (Wildman–Crippen MR) is 81.2 cm³/mol. The van der Waals surface area contributed by atoms with E-state index >= 15 is 0 Å². The highest BCUT2D eigenvalue weighted by atomic mass is 35.5. The zero-order valence-corrected chi connectivity index (χ0v) is 13.7. The average molecular weight is 350 g/mol. The van der Waals surface area contributed by atoms with E-state index in [1.807, 2.05) is 0 Å². The molecule has 8 heteroatoms. The van der Waals surface area contributed by atoms with E-state index in [1.54, 1.807) is 6.92 Å². The second-order valence-electron chi connectivity index (χ2n) is 4.78. The molecule has 114 valence electrons. The van der Waals surface area contributed by atoms with Crippen LogP contribution in [0, 0.1) is 6.92 Å². The largest absolute Gasteiger partial charge is 0.391 e. The molecule has 0 fully saturated rings. The van der Waals surface area contributed by atoms with Crippen LogP contribution in [0.2, 0.25) is 0 Å². The van der Waals surface area contributed by atoms with E-state index in [9.17, 15) is 13.2 Å². The summed E-state index contributed by atoms with van der Waals surface area (Å²) in [5.41, 5.74) is 1.54. The molecule has 21 heavy (non-hydrogen) atoms. The molecule has 1 heterocycles. The molecule has 0 aromatic heterocycles. The summed E-state index contributed by atoms with van der Waals surface area (Å²) in [7, 11) is -3.48. The number of hydrogen-bond donors (Lipinski definition) is 0. The lowest BCUT2D eigenvalue weighted by atomic mass is 9.97. The van der Waals surface area contributed by atoms with Crippen molar-refractivity contribution in [1.29, 1.82) is 0 Å². The van der Waals surface area contributed by atoms with Crippen LogP contribution in [-0.4, -0.2) is 37.6 Å². The number of sulfone groups is 1. The summed E-state index contributed by atoms with van der Waals surface area (Å²) >= 11 is 11.2. The Morgan fingerprint density at radius 3 is 2.62 bits per heavy atom. The molecule has 0 N–H and O–H groups in total. The SMILES string of the molecule is Cc1c(C(=O)Cl)ccc(S(C)(=O)=O)c1C1=NOC(CCl)C1. The first-order chi connectivity index (χ1) is 9.75. The minimum atomic E-state index is -3.48. The van der Waals surface area contributed by atoms with Gasteiger partial charge in [0.15, 0.2) is 9.84 Å². The van der Waals surface area contributed by atoms with Gasteiger partial charge < -0.3 is 4.84 Å². The first-order valence-electron chi connectivity index (χ1n) is 6.08. The summed E-state index contributed by atoms with van der Waals surface area (Å²) in [4.78, 5) is 16.7. The van der Waals surface area contributed by atoms with E-state index in [0.717, 1.165) is 6.26 Å². The summed E-state index contributed by atoms with van der Waals surface area (Å²) in [6.45, 7) is 1.64. The highest BCUT2D eigenvalue weighted by Gasteiger charge is 2.28. The van der Waals surface area contributed by atoms with Gasteiger partial charge in [0.25, 0.3) is 5.24 Å². The van der Waals surface area contributed by atoms with Gasteiger partial charge in [0.1, 0.15) is 6.10 Å². The summed E-state index contributed by atoms with van der Waals surface area (Å²) in [6.07, 6.45) is 1.18. The topological polar surface area (TPSA) is 72.8 Å². The van der Waals surface area contributed by atoms with Crippen LogP contribution in [0.5, 0.6) is 0 Å². The Morgan fingerprint density at radius 2 is 2.14 bits per heavy atom. The van der Waals surface area contributed by atoms with Gasteiger partial charge in [-0.15, -0.1) is 11.6 Å². The highest BCUT2D eigenvalue weighted by Crippen LogP contribution is 2.29. The lowest BCUT2D eigenvalue weighted by Crippen LogP contribution is -2.15. The fraction of sp³-hybridized carbons (Fsp3) is 0.385. The maximum atomic E-state index is 12.0. The summed E-state index contributed by atoms with van der Waals surface area (Å²) in [5, 5.41) is 3.26. The fourth-order valence-corrected chi connectivity index (χ4v) is 3.55. The third-order valence-electron chi connectivity index (χ3n) is 3.23. The van der Waals surface area contributed by atoms with Gasteiger partial charge in [-0.05, 0) is 36.2 Å². The van der Waals surface area contributed by atoms with Crippen LogP contribution in [0.1, 0.15) is 27.9 Å². The predicted octanol–water partition coefficient (Wildman–Crippen LogP) is 2.51. The van der Waals surface area contributed by atoms with E-state index in [-0.39, 0.29) is 22.4 Å². The number of benzene rings is 1. The Hall–Kier alpha value is -1.11. The molecular formula is C13H13Cl2NO4S. The molecular weight excluding hydrogens is 337 g/mol. The second-order valence-corrected chi connectivity index (χ2v) is 7.42. The number of alkyl halides is 1. The molecule has 1 aromatic carbocycles. The van der Waals surface area contributed by atoms with Crippen molar-refractivity contribution in [3.8, 4) is 0 Å². The van der Waals surface area contributed by atoms with E-state index in [2.05, 4.69) is 5.16 Å². The molecule has 1 aromatic rings. The molecule has 0 aliphatic carbocycles. The van der Waals surface area contributed by atoms with Crippen LogP contribution in [0.15, 0.2) is 22.2 Å². The van der Waals surface area contributed by atoms with E-state index < -0.39 is 15.1 Å². The van der Waals surface area contributed by atoms with Crippen molar-refractivity contribution in [2.75, 3.05) is 12.1 Å². The molecule has 0 saturated heterocycles. The smallest absolute Gasteiger partial charge is 0.252 e. The number of carbonyl (C=O) groups excluding carboxylic acids is 1. The third kappa shape index (κ3) is 3.22. The zero-order valence-electron chi connectivity index (χ0n) is 11.4. The van der Waals surface area contributed by atoms with Crippen molar-refractivity contribution >= 4 is 44.0 Å². The quantitative estimate of drug-likeness (QED) is 0.618. The van der Waals surface area contributed by atoms with Crippen LogP contribution in [0.4, 0.5) is 0 Å².